The van der Waals surface area contributed by atoms with Gasteiger partial charge in [0.2, 0.25) is 0 Å². The lowest BCUT2D eigenvalue weighted by Gasteiger charge is -2.30. The van der Waals surface area contributed by atoms with Crippen LogP contribution in [0.1, 0.15) is 35.7 Å². The Morgan fingerprint density at radius 1 is 1.23 bits per heavy atom. The van der Waals surface area contributed by atoms with Crippen molar-refractivity contribution in [1.29, 1.82) is 0 Å². The van der Waals surface area contributed by atoms with E-state index < -0.39 is 0 Å². The minimum absolute atomic E-state index is 0.0316. The summed E-state index contributed by atoms with van der Waals surface area (Å²) in [5, 5.41) is 2.93. The van der Waals surface area contributed by atoms with E-state index >= 15 is 0 Å². The van der Waals surface area contributed by atoms with Gasteiger partial charge in [0.1, 0.15) is 0 Å². The van der Waals surface area contributed by atoms with Crippen molar-refractivity contribution in [2.75, 3.05) is 32.0 Å². The molecule has 2 aliphatic rings. The van der Waals surface area contributed by atoms with E-state index in [0.717, 1.165) is 44.5 Å². The average molecular weight is 301 g/mol. The highest BCUT2D eigenvalue weighted by molar-refractivity contribution is 5.99. The van der Waals surface area contributed by atoms with Crippen molar-refractivity contribution in [3.63, 3.8) is 0 Å². The van der Waals surface area contributed by atoms with Gasteiger partial charge in [-0.15, -0.1) is 0 Å². The smallest absolute Gasteiger partial charge is 0.321 e. The Morgan fingerprint density at radius 2 is 1.95 bits per heavy atom. The zero-order valence-corrected chi connectivity index (χ0v) is 13.3. The van der Waals surface area contributed by atoms with Gasteiger partial charge in [-0.1, -0.05) is 13.0 Å². The third kappa shape index (κ3) is 2.93. The molecule has 0 saturated carbocycles. The number of carbonyl (C=O) groups is 2. The molecule has 1 fully saturated rings. The van der Waals surface area contributed by atoms with Crippen LogP contribution in [0.25, 0.3) is 0 Å². The molecular weight excluding hydrogens is 278 g/mol. The summed E-state index contributed by atoms with van der Waals surface area (Å²) in [4.78, 5) is 28.1. The van der Waals surface area contributed by atoms with Crippen LogP contribution in [0, 0.1) is 5.92 Å². The highest BCUT2D eigenvalue weighted by atomic mass is 16.2. The van der Waals surface area contributed by atoms with Crippen molar-refractivity contribution in [1.82, 2.24) is 9.80 Å². The van der Waals surface area contributed by atoms with Crippen molar-refractivity contribution in [2.24, 2.45) is 5.92 Å². The zero-order chi connectivity index (χ0) is 15.7. The summed E-state index contributed by atoms with van der Waals surface area (Å²) >= 11 is 0. The number of hydrogen-bond donors (Lipinski definition) is 1. The Kier molecular flexibility index (Phi) is 4.05. The minimum atomic E-state index is -0.0662. The van der Waals surface area contributed by atoms with Crippen LogP contribution in [0.4, 0.5) is 10.5 Å². The molecule has 1 aromatic carbocycles. The fourth-order valence-electron chi connectivity index (χ4n) is 3.08. The van der Waals surface area contributed by atoms with E-state index in [0.29, 0.717) is 17.2 Å². The Hall–Kier alpha value is -2.04. The van der Waals surface area contributed by atoms with Crippen LogP contribution >= 0.6 is 0 Å². The van der Waals surface area contributed by atoms with Crippen molar-refractivity contribution in [2.45, 2.75) is 26.2 Å². The Bertz CT molecular complexity index is 592. The van der Waals surface area contributed by atoms with E-state index in [4.69, 9.17) is 0 Å². The predicted molar refractivity (Wildman–Crippen MR) is 86.1 cm³/mol. The Morgan fingerprint density at radius 3 is 2.68 bits per heavy atom. The predicted octanol–water partition coefficient (Wildman–Crippen LogP) is 2.58. The van der Waals surface area contributed by atoms with Gasteiger partial charge in [0.15, 0.2) is 0 Å². The number of nitrogens with zero attached hydrogens (tertiary/aromatic N) is 2. The molecule has 0 radical (unpaired) electrons. The summed E-state index contributed by atoms with van der Waals surface area (Å²) in [5.41, 5.74) is 2.47. The van der Waals surface area contributed by atoms with Crippen molar-refractivity contribution in [3.8, 4) is 0 Å². The summed E-state index contributed by atoms with van der Waals surface area (Å²) in [6.45, 7) is 4.59. The highest BCUT2D eigenvalue weighted by Crippen LogP contribution is 2.23. The van der Waals surface area contributed by atoms with Crippen molar-refractivity contribution >= 4 is 17.6 Å². The van der Waals surface area contributed by atoms with E-state index in [1.165, 1.54) is 0 Å². The van der Waals surface area contributed by atoms with Crippen molar-refractivity contribution < 1.29 is 9.59 Å². The normalized spacial score (nSPS) is 19.1. The van der Waals surface area contributed by atoms with Crippen LogP contribution in [0.2, 0.25) is 0 Å². The van der Waals surface area contributed by atoms with Crippen LogP contribution in [-0.4, -0.2) is 48.4 Å². The maximum Gasteiger partial charge on any atom is 0.321 e. The molecule has 0 aromatic heterocycles. The molecule has 2 heterocycles. The maximum absolute atomic E-state index is 12.3. The number of likely N-dealkylation sites (tertiary alicyclic amines) is 1. The number of carbonyl (C=O) groups excluding carboxylic acids is 2. The number of rotatable bonds is 1. The van der Waals surface area contributed by atoms with Gasteiger partial charge in [-0.2, -0.15) is 0 Å². The summed E-state index contributed by atoms with van der Waals surface area (Å²) in [6, 6.07) is 5.58. The fourth-order valence-corrected chi connectivity index (χ4v) is 3.08. The Labute approximate surface area is 131 Å². The van der Waals surface area contributed by atoms with Gasteiger partial charge in [0.25, 0.3) is 5.91 Å². The minimum Gasteiger partial charge on any atom is -0.341 e. The lowest BCUT2D eigenvalue weighted by atomic mass is 9.98. The molecule has 1 aromatic rings. The van der Waals surface area contributed by atoms with Gasteiger partial charge in [0, 0.05) is 37.9 Å². The van der Waals surface area contributed by atoms with E-state index in [1.807, 2.05) is 24.1 Å². The molecular formula is C17H23N3O2. The lowest BCUT2D eigenvalue weighted by molar-refractivity contribution is 0.0781. The first-order valence-electron chi connectivity index (χ1n) is 7.99. The summed E-state index contributed by atoms with van der Waals surface area (Å²) in [5.74, 6) is 0.727. The molecule has 0 atom stereocenters. The fraction of sp³-hybridized carbons (Fsp3) is 0.529. The molecule has 0 spiro atoms. The Balaban J connectivity index is 1.71. The number of nitrogens with one attached hydrogen (secondary N) is 1. The zero-order valence-electron chi connectivity index (χ0n) is 13.3. The third-order valence-electron chi connectivity index (χ3n) is 4.73. The number of benzene rings is 1. The average Bonchev–Trinajstić information content (AvgIpc) is 2.52. The molecule has 22 heavy (non-hydrogen) atoms. The molecule has 1 N–H and O–H groups in total. The summed E-state index contributed by atoms with van der Waals surface area (Å²) in [6.07, 6.45) is 2.98. The number of anilines is 1. The topological polar surface area (TPSA) is 52.7 Å². The third-order valence-corrected chi connectivity index (χ3v) is 4.73. The van der Waals surface area contributed by atoms with E-state index in [2.05, 4.69) is 12.2 Å². The molecule has 0 bridgehead atoms. The second-order valence-corrected chi connectivity index (χ2v) is 6.45. The molecule has 5 heteroatoms. The largest absolute Gasteiger partial charge is 0.341 e. The van der Waals surface area contributed by atoms with Crippen LogP contribution in [0.5, 0.6) is 0 Å². The van der Waals surface area contributed by atoms with Gasteiger partial charge >= 0.3 is 6.03 Å². The van der Waals surface area contributed by atoms with Gasteiger partial charge in [-0.05, 0) is 42.9 Å². The molecule has 2 aliphatic heterocycles. The second-order valence-electron chi connectivity index (χ2n) is 6.45. The quantitative estimate of drug-likeness (QED) is 0.867. The van der Waals surface area contributed by atoms with Gasteiger partial charge < -0.3 is 15.1 Å². The maximum atomic E-state index is 12.3. The molecule has 118 valence electrons. The number of amides is 3. The first-order valence-corrected chi connectivity index (χ1v) is 7.99. The van der Waals surface area contributed by atoms with Crippen LogP contribution in [-0.2, 0) is 6.42 Å². The van der Waals surface area contributed by atoms with Crippen LogP contribution < -0.4 is 5.32 Å². The molecule has 5 nitrogen and oxygen atoms in total. The van der Waals surface area contributed by atoms with E-state index in [9.17, 15) is 9.59 Å². The second kappa shape index (κ2) is 5.99. The summed E-state index contributed by atoms with van der Waals surface area (Å²) < 4.78 is 0. The van der Waals surface area contributed by atoms with Crippen molar-refractivity contribution in [3.05, 3.63) is 29.3 Å². The lowest BCUT2D eigenvalue weighted by Crippen LogP contribution is -2.40. The first kappa shape index (κ1) is 14.9. The van der Waals surface area contributed by atoms with E-state index in [1.54, 1.807) is 11.0 Å². The van der Waals surface area contributed by atoms with Crippen LogP contribution in [0.3, 0.4) is 0 Å². The standard InChI is InChI=1S/C17H23N3O2/c1-12-5-9-20(10-6-12)17(22)18-14-4-3-13-7-8-19(2)16(21)15(13)11-14/h3-4,11-12H,5-10H2,1-2H3,(H,18,22). The monoisotopic (exact) mass is 301 g/mol. The van der Waals surface area contributed by atoms with Gasteiger partial charge in [-0.3, -0.25) is 4.79 Å². The van der Waals surface area contributed by atoms with Crippen LogP contribution in [0.15, 0.2) is 18.2 Å². The number of piperidine rings is 1. The SMILES string of the molecule is CC1CCN(C(=O)Nc2ccc3c(c2)C(=O)N(C)CC3)CC1. The number of urea groups is 1. The molecule has 1 saturated heterocycles. The molecule has 3 amide bonds. The van der Waals surface area contributed by atoms with Gasteiger partial charge in [-0.25, -0.2) is 4.79 Å². The number of likely N-dealkylation sites (N-methyl/N-ethyl adjacent to an activating group) is 1. The number of hydrogen-bond acceptors (Lipinski definition) is 2. The first-order chi connectivity index (χ1) is 10.5. The molecule has 0 aliphatic carbocycles. The molecule has 0 unspecified atom stereocenters. The number of fused-ring (bicyclic) bond motifs is 1. The molecule has 3 rings (SSSR count). The summed E-state index contributed by atoms with van der Waals surface area (Å²) in [7, 11) is 1.81. The highest BCUT2D eigenvalue weighted by Gasteiger charge is 2.23. The van der Waals surface area contributed by atoms with Gasteiger partial charge in [0.05, 0.1) is 0 Å². The van der Waals surface area contributed by atoms with E-state index in [-0.39, 0.29) is 11.9 Å².